The van der Waals surface area contributed by atoms with Crippen LogP contribution in [0.3, 0.4) is 0 Å². The zero-order valence-corrected chi connectivity index (χ0v) is 13.8. The van der Waals surface area contributed by atoms with Gasteiger partial charge in [0, 0.05) is 6.92 Å². The third kappa shape index (κ3) is 4.71. The summed E-state index contributed by atoms with van der Waals surface area (Å²) in [6, 6.07) is 27.1. The summed E-state index contributed by atoms with van der Waals surface area (Å²) in [5, 5.41) is 7.42. The second-order valence-corrected chi connectivity index (χ2v) is 5.16. The second-order valence-electron chi connectivity index (χ2n) is 5.16. The van der Waals surface area contributed by atoms with Gasteiger partial charge in [0.25, 0.3) is 5.97 Å². The summed E-state index contributed by atoms with van der Waals surface area (Å²) in [6.45, 7) is 1.08. The van der Waals surface area contributed by atoms with E-state index in [0.29, 0.717) is 0 Å². The molecular formula is C21H20O3. The van der Waals surface area contributed by atoms with Gasteiger partial charge in [0.05, 0.1) is 7.11 Å². The monoisotopic (exact) mass is 320 g/mol. The quantitative estimate of drug-likeness (QED) is 0.728. The predicted molar refractivity (Wildman–Crippen MR) is 97.2 cm³/mol. The highest BCUT2D eigenvalue weighted by Crippen LogP contribution is 2.32. The molecule has 0 spiro atoms. The molecule has 0 aromatic heterocycles. The van der Waals surface area contributed by atoms with Crippen LogP contribution in [0.15, 0.2) is 78.9 Å². The Morgan fingerprint density at radius 2 is 1.17 bits per heavy atom. The van der Waals surface area contributed by atoms with Gasteiger partial charge in [-0.2, -0.15) is 0 Å². The summed E-state index contributed by atoms with van der Waals surface area (Å²) in [4.78, 5) is 9.00. The highest BCUT2D eigenvalue weighted by Gasteiger charge is 2.06. The maximum absolute atomic E-state index is 9.00. The van der Waals surface area contributed by atoms with E-state index in [4.69, 9.17) is 14.6 Å². The number of ether oxygens (including phenoxy) is 1. The van der Waals surface area contributed by atoms with Gasteiger partial charge in [0.1, 0.15) is 5.75 Å². The van der Waals surface area contributed by atoms with E-state index in [2.05, 4.69) is 60.7 Å². The largest absolute Gasteiger partial charge is 0.497 e. The molecule has 3 heteroatoms. The molecule has 0 aliphatic carbocycles. The van der Waals surface area contributed by atoms with Gasteiger partial charge < -0.3 is 9.84 Å². The smallest absolute Gasteiger partial charge is 0.300 e. The van der Waals surface area contributed by atoms with E-state index in [1.807, 2.05) is 18.2 Å². The molecule has 0 aliphatic rings. The van der Waals surface area contributed by atoms with Crippen LogP contribution in [0.1, 0.15) is 6.92 Å². The molecular weight excluding hydrogens is 300 g/mol. The molecule has 3 aromatic carbocycles. The van der Waals surface area contributed by atoms with Gasteiger partial charge >= 0.3 is 0 Å². The van der Waals surface area contributed by atoms with Gasteiger partial charge in [-0.05, 0) is 34.4 Å². The van der Waals surface area contributed by atoms with Crippen molar-refractivity contribution in [3.8, 4) is 28.0 Å². The van der Waals surface area contributed by atoms with E-state index < -0.39 is 5.97 Å². The summed E-state index contributed by atoms with van der Waals surface area (Å²) in [5.74, 6) is 0.0472. The molecule has 122 valence electrons. The number of benzene rings is 3. The first kappa shape index (κ1) is 17.3. The van der Waals surface area contributed by atoms with Crippen molar-refractivity contribution in [2.75, 3.05) is 7.11 Å². The molecule has 0 bridgehead atoms. The maximum Gasteiger partial charge on any atom is 0.300 e. The van der Waals surface area contributed by atoms with Crippen molar-refractivity contribution in [1.29, 1.82) is 0 Å². The summed E-state index contributed by atoms with van der Waals surface area (Å²) in [6.07, 6.45) is 0. The molecule has 0 unspecified atom stereocenters. The Morgan fingerprint density at radius 1 is 0.750 bits per heavy atom. The molecule has 3 aromatic rings. The van der Waals surface area contributed by atoms with Crippen LogP contribution < -0.4 is 4.74 Å². The minimum Gasteiger partial charge on any atom is -0.497 e. The average molecular weight is 320 g/mol. The highest BCUT2D eigenvalue weighted by molar-refractivity contribution is 5.83. The van der Waals surface area contributed by atoms with Crippen molar-refractivity contribution in [1.82, 2.24) is 0 Å². The fourth-order valence-corrected chi connectivity index (χ4v) is 2.37. The summed E-state index contributed by atoms with van der Waals surface area (Å²) in [5.41, 5.74) is 4.92. The SMILES string of the molecule is CC(=O)O.COc1ccc(-c2ccccc2-c2ccccc2)cc1. The van der Waals surface area contributed by atoms with Crippen molar-refractivity contribution >= 4 is 5.97 Å². The van der Waals surface area contributed by atoms with E-state index in [1.165, 1.54) is 22.3 Å². The molecule has 3 rings (SSSR count). The Hall–Kier alpha value is -3.07. The lowest BCUT2D eigenvalue weighted by Crippen LogP contribution is -1.86. The van der Waals surface area contributed by atoms with Crippen molar-refractivity contribution in [3.63, 3.8) is 0 Å². The van der Waals surface area contributed by atoms with Crippen LogP contribution in [0, 0.1) is 0 Å². The number of carboxylic acid groups (broad SMARTS) is 1. The Bertz CT molecular complexity index is 774. The third-order valence-electron chi connectivity index (χ3n) is 3.41. The molecule has 0 saturated carbocycles. The van der Waals surface area contributed by atoms with Crippen LogP contribution in [-0.2, 0) is 4.79 Å². The molecule has 0 fully saturated rings. The predicted octanol–water partition coefficient (Wildman–Crippen LogP) is 5.12. The summed E-state index contributed by atoms with van der Waals surface area (Å²) in [7, 11) is 1.69. The lowest BCUT2D eigenvalue weighted by molar-refractivity contribution is -0.134. The number of carbonyl (C=O) groups is 1. The first-order chi connectivity index (χ1) is 11.6. The Balaban J connectivity index is 0.000000471. The Morgan fingerprint density at radius 3 is 1.62 bits per heavy atom. The zero-order chi connectivity index (χ0) is 17.4. The fraction of sp³-hybridized carbons (Fsp3) is 0.0952. The fourth-order valence-electron chi connectivity index (χ4n) is 2.37. The average Bonchev–Trinajstić information content (AvgIpc) is 2.62. The van der Waals surface area contributed by atoms with E-state index >= 15 is 0 Å². The number of rotatable bonds is 3. The minimum atomic E-state index is -0.833. The van der Waals surface area contributed by atoms with Crippen LogP contribution >= 0.6 is 0 Å². The zero-order valence-electron chi connectivity index (χ0n) is 13.8. The van der Waals surface area contributed by atoms with Crippen LogP contribution in [0.2, 0.25) is 0 Å². The van der Waals surface area contributed by atoms with Crippen LogP contribution in [0.5, 0.6) is 5.75 Å². The standard InChI is InChI=1S/C19H16O.C2H4O2/c1-20-17-13-11-16(12-14-17)19-10-6-5-9-18(19)15-7-3-2-4-8-15;1-2(3)4/h2-14H,1H3;1H3,(H,3,4). The number of hydrogen-bond acceptors (Lipinski definition) is 2. The van der Waals surface area contributed by atoms with E-state index in [0.717, 1.165) is 12.7 Å². The van der Waals surface area contributed by atoms with Crippen molar-refractivity contribution < 1.29 is 14.6 Å². The maximum atomic E-state index is 9.00. The van der Waals surface area contributed by atoms with Crippen molar-refractivity contribution in [2.45, 2.75) is 6.92 Å². The van der Waals surface area contributed by atoms with Gasteiger partial charge in [-0.15, -0.1) is 0 Å². The van der Waals surface area contributed by atoms with Gasteiger partial charge in [-0.1, -0.05) is 66.7 Å². The molecule has 0 aliphatic heterocycles. The number of methoxy groups -OCH3 is 1. The van der Waals surface area contributed by atoms with Crippen LogP contribution in [-0.4, -0.2) is 18.2 Å². The Labute approximate surface area is 142 Å². The first-order valence-corrected chi connectivity index (χ1v) is 7.60. The summed E-state index contributed by atoms with van der Waals surface area (Å²) >= 11 is 0. The topological polar surface area (TPSA) is 46.5 Å². The minimum absolute atomic E-state index is 0.833. The Kier molecular flexibility index (Phi) is 6.15. The van der Waals surface area contributed by atoms with Gasteiger partial charge in [-0.3, -0.25) is 4.79 Å². The van der Waals surface area contributed by atoms with Crippen molar-refractivity contribution in [3.05, 3.63) is 78.9 Å². The molecule has 24 heavy (non-hydrogen) atoms. The first-order valence-electron chi connectivity index (χ1n) is 7.60. The van der Waals surface area contributed by atoms with Crippen LogP contribution in [0.4, 0.5) is 0 Å². The van der Waals surface area contributed by atoms with Gasteiger partial charge in [0.15, 0.2) is 0 Å². The second kappa shape index (κ2) is 8.53. The van der Waals surface area contributed by atoms with E-state index in [1.54, 1.807) is 7.11 Å². The van der Waals surface area contributed by atoms with Gasteiger partial charge in [-0.25, -0.2) is 0 Å². The molecule has 1 N–H and O–H groups in total. The molecule has 0 radical (unpaired) electrons. The molecule has 0 atom stereocenters. The number of hydrogen-bond donors (Lipinski definition) is 1. The molecule has 0 saturated heterocycles. The third-order valence-corrected chi connectivity index (χ3v) is 3.41. The number of aliphatic carboxylic acids is 1. The number of carboxylic acids is 1. The van der Waals surface area contributed by atoms with Crippen molar-refractivity contribution in [2.24, 2.45) is 0 Å². The lowest BCUT2D eigenvalue weighted by atomic mass is 9.95. The molecule has 3 nitrogen and oxygen atoms in total. The van der Waals surface area contributed by atoms with Crippen LogP contribution in [0.25, 0.3) is 22.3 Å². The molecule has 0 heterocycles. The van der Waals surface area contributed by atoms with Gasteiger partial charge in [0.2, 0.25) is 0 Å². The highest BCUT2D eigenvalue weighted by atomic mass is 16.5. The van der Waals surface area contributed by atoms with E-state index in [-0.39, 0.29) is 0 Å². The van der Waals surface area contributed by atoms with E-state index in [9.17, 15) is 0 Å². The normalized spacial score (nSPS) is 9.58. The summed E-state index contributed by atoms with van der Waals surface area (Å²) < 4.78 is 5.22. The molecule has 0 amide bonds. The lowest BCUT2D eigenvalue weighted by Gasteiger charge is -2.10.